The number of nitrogens with one attached hydrogen (secondary N) is 1. The number of carbonyl (C=O) groups is 1. The lowest BCUT2D eigenvalue weighted by atomic mass is 10.2. The van der Waals surface area contributed by atoms with E-state index in [-0.39, 0.29) is 18.2 Å². The Hall–Kier alpha value is -2.26. The molecule has 1 aromatic carbocycles. The highest BCUT2D eigenvalue weighted by Crippen LogP contribution is 2.14. The third-order valence-electron chi connectivity index (χ3n) is 4.77. The molecule has 1 N–H and O–H groups in total. The van der Waals surface area contributed by atoms with E-state index in [1.165, 1.54) is 17.0 Å². The first-order valence-electron chi connectivity index (χ1n) is 9.10. The van der Waals surface area contributed by atoms with Gasteiger partial charge in [0.2, 0.25) is 4.77 Å². The van der Waals surface area contributed by atoms with Crippen LogP contribution in [0, 0.1) is 10.6 Å². The molecule has 0 amide bonds. The molecule has 7 nitrogen and oxygen atoms in total. The van der Waals surface area contributed by atoms with Crippen LogP contribution in [-0.4, -0.2) is 53.1 Å². The Bertz CT molecular complexity index is 840. The summed E-state index contributed by atoms with van der Waals surface area (Å²) in [5, 5.41) is 4.51. The number of anilines is 1. The normalized spacial score (nSPS) is 15.1. The zero-order chi connectivity index (χ0) is 19.4. The van der Waals surface area contributed by atoms with Gasteiger partial charge in [0.25, 0.3) is 0 Å². The molecule has 0 spiro atoms. The number of piperazine rings is 1. The summed E-state index contributed by atoms with van der Waals surface area (Å²) in [6, 6.07) is 6.62. The van der Waals surface area contributed by atoms with Gasteiger partial charge < -0.3 is 19.1 Å². The van der Waals surface area contributed by atoms with Gasteiger partial charge >= 0.3 is 5.97 Å². The van der Waals surface area contributed by atoms with Crippen LogP contribution in [0.15, 0.2) is 24.3 Å². The minimum absolute atomic E-state index is 0.120. The van der Waals surface area contributed by atoms with Crippen LogP contribution in [0.25, 0.3) is 0 Å². The summed E-state index contributed by atoms with van der Waals surface area (Å²) in [4.78, 5) is 15.3. The molecule has 0 bridgehead atoms. The summed E-state index contributed by atoms with van der Waals surface area (Å²) < 4.78 is 22.2. The summed E-state index contributed by atoms with van der Waals surface area (Å²) in [5.74, 6) is 0.0990. The van der Waals surface area contributed by atoms with Gasteiger partial charge in [-0.15, -0.1) is 0 Å². The van der Waals surface area contributed by atoms with Crippen molar-refractivity contribution in [2.75, 3.05) is 37.7 Å². The van der Waals surface area contributed by atoms with E-state index in [9.17, 15) is 9.18 Å². The molecule has 9 heteroatoms. The van der Waals surface area contributed by atoms with Gasteiger partial charge in [-0.05, 0) is 43.4 Å². The number of nitrogens with zero attached hydrogens (tertiary/aromatic N) is 4. The van der Waals surface area contributed by atoms with Gasteiger partial charge in [0.05, 0.1) is 32.8 Å². The topological polar surface area (TPSA) is 56.7 Å². The minimum Gasteiger partial charge on any atom is -0.466 e. The van der Waals surface area contributed by atoms with Crippen molar-refractivity contribution in [3.63, 3.8) is 0 Å². The highest BCUT2D eigenvalue weighted by atomic mass is 32.1. The predicted octanol–water partition coefficient (Wildman–Crippen LogP) is 0.558. The quantitative estimate of drug-likeness (QED) is 0.573. The van der Waals surface area contributed by atoms with Crippen molar-refractivity contribution in [2.24, 2.45) is 7.05 Å². The number of benzene rings is 1. The second-order valence-corrected chi connectivity index (χ2v) is 6.98. The molecule has 0 radical (unpaired) electrons. The van der Waals surface area contributed by atoms with Crippen LogP contribution >= 0.6 is 12.2 Å². The van der Waals surface area contributed by atoms with Crippen molar-refractivity contribution >= 4 is 23.9 Å². The van der Waals surface area contributed by atoms with Crippen LogP contribution < -0.4 is 9.80 Å². The Balaban J connectivity index is 1.59. The first-order chi connectivity index (χ1) is 13.0. The van der Waals surface area contributed by atoms with Crippen LogP contribution in [0.5, 0.6) is 0 Å². The van der Waals surface area contributed by atoms with Crippen molar-refractivity contribution in [2.45, 2.75) is 20.0 Å². The van der Waals surface area contributed by atoms with E-state index in [1.54, 1.807) is 16.2 Å². The smallest absolute Gasteiger partial charge is 0.313 e. The SMILES string of the molecule is CCOC(=O)Cc1nn(C[NH+]2CCN(c3ccc(F)cc3)CC2)c(=S)n1C. The molecule has 1 saturated heterocycles. The standard InChI is InChI=1S/C18H24FN5O2S/c1-3-26-17(25)12-16-20-24(18(27)21(16)2)13-22-8-10-23(11-9-22)15-6-4-14(19)5-7-15/h4-7H,3,8-13H2,1-2H3/p+1. The van der Waals surface area contributed by atoms with Gasteiger partial charge in [-0.25, -0.2) is 4.39 Å². The maximum Gasteiger partial charge on any atom is 0.313 e. The zero-order valence-corrected chi connectivity index (χ0v) is 16.5. The summed E-state index contributed by atoms with van der Waals surface area (Å²) >= 11 is 5.46. The van der Waals surface area contributed by atoms with Crippen molar-refractivity contribution < 1.29 is 18.8 Å². The molecule has 0 atom stereocenters. The molecular weight excluding hydrogens is 369 g/mol. The molecule has 2 aromatic rings. The van der Waals surface area contributed by atoms with Crippen molar-refractivity contribution in [3.8, 4) is 0 Å². The van der Waals surface area contributed by atoms with E-state index in [2.05, 4.69) is 10.00 Å². The predicted molar refractivity (Wildman–Crippen MR) is 102 cm³/mol. The summed E-state index contributed by atoms with van der Waals surface area (Å²) in [6.45, 7) is 6.43. The van der Waals surface area contributed by atoms with E-state index >= 15 is 0 Å². The molecule has 0 unspecified atom stereocenters. The van der Waals surface area contributed by atoms with E-state index in [0.717, 1.165) is 31.9 Å². The van der Waals surface area contributed by atoms with Crippen LogP contribution in [0.2, 0.25) is 0 Å². The van der Waals surface area contributed by atoms with Crippen LogP contribution in [0.1, 0.15) is 12.7 Å². The minimum atomic E-state index is -0.298. The molecular formula is C18H25FN5O2S+. The van der Waals surface area contributed by atoms with Crippen LogP contribution in [-0.2, 0) is 29.7 Å². The lowest BCUT2D eigenvalue weighted by Crippen LogP contribution is -3.14. The van der Waals surface area contributed by atoms with E-state index in [0.29, 0.717) is 23.9 Å². The number of aromatic nitrogens is 3. The molecule has 1 aromatic heterocycles. The molecule has 2 heterocycles. The molecule has 0 aliphatic carbocycles. The number of hydrogen-bond donors (Lipinski definition) is 1. The lowest BCUT2D eigenvalue weighted by Gasteiger charge is -2.33. The fraction of sp³-hybridized carbons (Fsp3) is 0.500. The summed E-state index contributed by atoms with van der Waals surface area (Å²) in [6.07, 6.45) is 0.120. The third-order valence-corrected chi connectivity index (χ3v) is 5.26. The Morgan fingerprint density at radius 1 is 1.30 bits per heavy atom. The number of hydrogen-bond acceptors (Lipinski definition) is 5. The second kappa shape index (κ2) is 8.62. The third kappa shape index (κ3) is 4.72. The van der Waals surface area contributed by atoms with Gasteiger partial charge in [-0.2, -0.15) is 9.78 Å². The number of esters is 1. The number of halogens is 1. The van der Waals surface area contributed by atoms with Crippen molar-refractivity contribution in [1.29, 1.82) is 0 Å². The summed E-state index contributed by atoms with van der Waals surface area (Å²) in [7, 11) is 1.82. The molecule has 3 rings (SSSR count). The van der Waals surface area contributed by atoms with E-state index < -0.39 is 0 Å². The largest absolute Gasteiger partial charge is 0.466 e. The molecule has 27 heavy (non-hydrogen) atoms. The highest BCUT2D eigenvalue weighted by Gasteiger charge is 2.22. The Morgan fingerprint density at radius 3 is 2.59 bits per heavy atom. The molecule has 146 valence electrons. The zero-order valence-electron chi connectivity index (χ0n) is 15.7. The maximum atomic E-state index is 13.1. The Morgan fingerprint density at radius 2 is 1.96 bits per heavy atom. The number of quaternary nitrogens is 1. The van der Waals surface area contributed by atoms with Crippen molar-refractivity contribution in [3.05, 3.63) is 40.7 Å². The van der Waals surface area contributed by atoms with Gasteiger partial charge in [0, 0.05) is 12.7 Å². The van der Waals surface area contributed by atoms with Crippen LogP contribution in [0.4, 0.5) is 10.1 Å². The molecule has 1 fully saturated rings. The van der Waals surface area contributed by atoms with Crippen molar-refractivity contribution in [1.82, 2.24) is 14.3 Å². The number of carbonyl (C=O) groups excluding carboxylic acids is 1. The number of rotatable bonds is 6. The maximum absolute atomic E-state index is 13.1. The first kappa shape index (κ1) is 19.5. The lowest BCUT2D eigenvalue weighted by molar-refractivity contribution is -0.924. The average Bonchev–Trinajstić information content (AvgIpc) is 2.91. The number of ether oxygens (including phenoxy) is 1. The Kier molecular flexibility index (Phi) is 6.22. The fourth-order valence-electron chi connectivity index (χ4n) is 3.23. The average molecular weight is 394 g/mol. The molecule has 0 saturated carbocycles. The molecule has 1 aliphatic heterocycles. The highest BCUT2D eigenvalue weighted by molar-refractivity contribution is 7.71. The molecule has 1 aliphatic rings. The summed E-state index contributed by atoms with van der Waals surface area (Å²) in [5.41, 5.74) is 1.04. The van der Waals surface area contributed by atoms with Gasteiger partial charge in [-0.3, -0.25) is 4.79 Å². The Labute approximate surface area is 162 Å². The monoisotopic (exact) mass is 394 g/mol. The first-order valence-corrected chi connectivity index (χ1v) is 9.51. The second-order valence-electron chi connectivity index (χ2n) is 6.61. The fourth-order valence-corrected chi connectivity index (χ4v) is 3.44. The van der Waals surface area contributed by atoms with E-state index in [1.807, 2.05) is 19.2 Å². The van der Waals surface area contributed by atoms with Crippen LogP contribution in [0.3, 0.4) is 0 Å². The van der Waals surface area contributed by atoms with Gasteiger partial charge in [0.15, 0.2) is 6.67 Å². The van der Waals surface area contributed by atoms with Gasteiger partial charge in [-0.1, -0.05) is 0 Å². The van der Waals surface area contributed by atoms with E-state index in [4.69, 9.17) is 17.0 Å². The van der Waals surface area contributed by atoms with Gasteiger partial charge in [0.1, 0.15) is 18.1 Å².